The van der Waals surface area contributed by atoms with Gasteiger partial charge in [-0.1, -0.05) is 54.3 Å². The highest BCUT2D eigenvalue weighted by molar-refractivity contribution is 5.36. The second-order valence-electron chi connectivity index (χ2n) is 4.86. The predicted octanol–water partition coefficient (Wildman–Crippen LogP) is 2.63. The van der Waals surface area contributed by atoms with E-state index >= 15 is 0 Å². The van der Waals surface area contributed by atoms with E-state index in [4.69, 9.17) is 5.73 Å². The maximum absolute atomic E-state index is 5.37. The van der Waals surface area contributed by atoms with E-state index in [0.717, 1.165) is 18.7 Å². The van der Waals surface area contributed by atoms with E-state index in [0.29, 0.717) is 6.54 Å². The Hall–Kier alpha value is -2.08. The van der Waals surface area contributed by atoms with Gasteiger partial charge in [0, 0.05) is 18.7 Å². The Bertz CT molecular complexity index is 576. The summed E-state index contributed by atoms with van der Waals surface area (Å²) in [5.74, 6) is 5.90. The summed E-state index contributed by atoms with van der Waals surface area (Å²) in [6.07, 6.45) is 0. The summed E-state index contributed by atoms with van der Waals surface area (Å²) in [6.45, 7) is 2.29. The highest BCUT2D eigenvalue weighted by Gasteiger charge is 2.01. The molecule has 20 heavy (non-hydrogen) atoms. The molecule has 0 heterocycles. The van der Waals surface area contributed by atoms with Gasteiger partial charge >= 0.3 is 0 Å². The van der Waals surface area contributed by atoms with E-state index in [9.17, 15) is 0 Å². The molecule has 0 atom stereocenters. The second-order valence-corrected chi connectivity index (χ2v) is 4.86. The van der Waals surface area contributed by atoms with Crippen LogP contribution in [-0.2, 0) is 13.1 Å². The van der Waals surface area contributed by atoms with Crippen LogP contribution in [0.2, 0.25) is 0 Å². The molecule has 2 heteroatoms. The number of benzene rings is 2. The fourth-order valence-electron chi connectivity index (χ4n) is 2.11. The van der Waals surface area contributed by atoms with E-state index in [1.807, 2.05) is 18.2 Å². The van der Waals surface area contributed by atoms with Crippen molar-refractivity contribution in [2.75, 3.05) is 13.6 Å². The summed E-state index contributed by atoms with van der Waals surface area (Å²) in [5, 5.41) is 0. The van der Waals surface area contributed by atoms with Crippen molar-refractivity contribution >= 4 is 0 Å². The first-order valence-electron chi connectivity index (χ1n) is 6.78. The first-order valence-corrected chi connectivity index (χ1v) is 6.78. The Morgan fingerprint density at radius 3 is 2.10 bits per heavy atom. The average Bonchev–Trinajstić information content (AvgIpc) is 2.47. The maximum atomic E-state index is 5.37. The van der Waals surface area contributed by atoms with E-state index < -0.39 is 0 Å². The fraction of sp³-hybridized carbons (Fsp3) is 0.222. The summed E-state index contributed by atoms with van der Waals surface area (Å²) in [5.41, 5.74) is 9.01. The van der Waals surface area contributed by atoms with Crippen molar-refractivity contribution in [1.29, 1.82) is 0 Å². The lowest BCUT2D eigenvalue weighted by Gasteiger charge is -2.16. The zero-order valence-corrected chi connectivity index (χ0v) is 11.8. The fourth-order valence-corrected chi connectivity index (χ4v) is 2.11. The predicted molar refractivity (Wildman–Crippen MR) is 84.0 cm³/mol. The zero-order chi connectivity index (χ0) is 14.2. The first kappa shape index (κ1) is 14.3. The maximum Gasteiger partial charge on any atom is 0.0555 e. The molecule has 0 bridgehead atoms. The van der Waals surface area contributed by atoms with E-state index in [2.05, 4.69) is 60.2 Å². The minimum Gasteiger partial charge on any atom is -0.320 e. The molecule has 2 aromatic carbocycles. The van der Waals surface area contributed by atoms with E-state index in [-0.39, 0.29) is 0 Å². The van der Waals surface area contributed by atoms with Gasteiger partial charge in [0.15, 0.2) is 0 Å². The molecule has 2 N–H and O–H groups in total. The van der Waals surface area contributed by atoms with Crippen molar-refractivity contribution < 1.29 is 0 Å². The van der Waals surface area contributed by atoms with E-state index in [1.54, 1.807) is 0 Å². The lowest BCUT2D eigenvalue weighted by Crippen LogP contribution is -2.17. The van der Waals surface area contributed by atoms with Gasteiger partial charge < -0.3 is 5.73 Å². The third kappa shape index (κ3) is 4.55. The molecular weight excluding hydrogens is 244 g/mol. The third-order valence-electron chi connectivity index (χ3n) is 3.04. The summed E-state index contributed by atoms with van der Waals surface area (Å²) < 4.78 is 0. The van der Waals surface area contributed by atoms with Gasteiger partial charge in [0.05, 0.1) is 6.54 Å². The monoisotopic (exact) mass is 264 g/mol. The lowest BCUT2D eigenvalue weighted by atomic mass is 10.1. The molecule has 0 amide bonds. The van der Waals surface area contributed by atoms with Crippen LogP contribution < -0.4 is 5.73 Å². The van der Waals surface area contributed by atoms with Crippen LogP contribution >= 0.6 is 0 Å². The van der Waals surface area contributed by atoms with Crippen LogP contribution in [0.15, 0.2) is 54.6 Å². The van der Waals surface area contributed by atoms with Crippen molar-refractivity contribution in [1.82, 2.24) is 4.90 Å². The van der Waals surface area contributed by atoms with Gasteiger partial charge in [-0.05, 0) is 30.3 Å². The summed E-state index contributed by atoms with van der Waals surface area (Å²) >= 11 is 0. The molecule has 0 fully saturated rings. The van der Waals surface area contributed by atoms with E-state index in [1.165, 1.54) is 11.1 Å². The molecule has 0 saturated heterocycles. The number of rotatable bonds is 4. The van der Waals surface area contributed by atoms with Gasteiger partial charge in [0.25, 0.3) is 0 Å². The normalized spacial score (nSPS) is 10.2. The number of hydrogen-bond acceptors (Lipinski definition) is 2. The molecule has 102 valence electrons. The van der Waals surface area contributed by atoms with Crippen molar-refractivity contribution in [3.8, 4) is 11.8 Å². The van der Waals surface area contributed by atoms with Gasteiger partial charge in [-0.25, -0.2) is 0 Å². The van der Waals surface area contributed by atoms with Gasteiger partial charge in [0.2, 0.25) is 0 Å². The van der Waals surface area contributed by atoms with Gasteiger partial charge in [-0.15, -0.1) is 0 Å². The summed E-state index contributed by atoms with van der Waals surface area (Å²) in [6, 6.07) is 18.9. The van der Waals surface area contributed by atoms with Crippen LogP contribution in [0.5, 0.6) is 0 Å². The number of nitrogens with zero attached hydrogens (tertiary/aromatic N) is 1. The Labute approximate surface area is 121 Å². The number of hydrogen-bond donors (Lipinski definition) is 1. The molecule has 0 aliphatic rings. The number of nitrogens with two attached hydrogens (primary N) is 1. The standard InChI is InChI=1S/C18H20N2/c1-20(14-17-6-3-2-4-7-17)15-18-11-9-16(10-12-18)8-5-13-19/h2-4,6-7,9-12H,13-15,19H2,1H3. The summed E-state index contributed by atoms with van der Waals surface area (Å²) in [7, 11) is 2.13. The van der Waals surface area contributed by atoms with Crippen LogP contribution in [-0.4, -0.2) is 18.5 Å². The molecule has 0 radical (unpaired) electrons. The quantitative estimate of drug-likeness (QED) is 0.860. The Kier molecular flexibility index (Phi) is 5.37. The molecule has 2 rings (SSSR count). The van der Waals surface area contributed by atoms with Crippen LogP contribution in [0, 0.1) is 11.8 Å². The summed E-state index contributed by atoms with van der Waals surface area (Å²) in [4.78, 5) is 2.30. The second kappa shape index (κ2) is 7.49. The zero-order valence-electron chi connectivity index (χ0n) is 11.8. The van der Waals surface area contributed by atoms with Crippen molar-refractivity contribution in [3.63, 3.8) is 0 Å². The van der Waals surface area contributed by atoms with Crippen LogP contribution in [0.25, 0.3) is 0 Å². The van der Waals surface area contributed by atoms with Gasteiger partial charge in [-0.2, -0.15) is 0 Å². The Balaban J connectivity index is 1.92. The molecular formula is C18H20N2. The van der Waals surface area contributed by atoms with Crippen molar-refractivity contribution in [2.45, 2.75) is 13.1 Å². The molecule has 2 nitrogen and oxygen atoms in total. The van der Waals surface area contributed by atoms with Gasteiger partial charge in [-0.3, -0.25) is 4.90 Å². The van der Waals surface area contributed by atoms with Crippen LogP contribution in [0.3, 0.4) is 0 Å². The minimum atomic E-state index is 0.404. The molecule has 0 spiro atoms. The molecule has 0 aromatic heterocycles. The van der Waals surface area contributed by atoms with Crippen molar-refractivity contribution in [3.05, 3.63) is 71.3 Å². The molecule has 2 aromatic rings. The average molecular weight is 264 g/mol. The highest BCUT2D eigenvalue weighted by Crippen LogP contribution is 2.09. The minimum absolute atomic E-state index is 0.404. The highest BCUT2D eigenvalue weighted by atomic mass is 15.1. The van der Waals surface area contributed by atoms with Gasteiger partial charge in [0.1, 0.15) is 0 Å². The van der Waals surface area contributed by atoms with Crippen molar-refractivity contribution in [2.24, 2.45) is 5.73 Å². The molecule has 0 saturated carbocycles. The Morgan fingerprint density at radius 2 is 1.50 bits per heavy atom. The smallest absolute Gasteiger partial charge is 0.0555 e. The molecule has 0 aliphatic heterocycles. The molecule has 0 aliphatic carbocycles. The first-order chi connectivity index (χ1) is 9.78. The Morgan fingerprint density at radius 1 is 0.900 bits per heavy atom. The largest absolute Gasteiger partial charge is 0.320 e. The van der Waals surface area contributed by atoms with Crippen LogP contribution in [0.1, 0.15) is 16.7 Å². The SMILES string of the molecule is CN(Cc1ccccc1)Cc1ccc(C#CCN)cc1. The van der Waals surface area contributed by atoms with Crippen LogP contribution in [0.4, 0.5) is 0 Å². The topological polar surface area (TPSA) is 29.3 Å². The lowest BCUT2D eigenvalue weighted by molar-refractivity contribution is 0.319. The third-order valence-corrected chi connectivity index (χ3v) is 3.04. The molecule has 0 unspecified atom stereocenters.